The van der Waals surface area contributed by atoms with Gasteiger partial charge in [0.2, 0.25) is 0 Å². The first-order valence-electron chi connectivity index (χ1n) is 4.93. The van der Waals surface area contributed by atoms with Crippen molar-refractivity contribution in [3.05, 3.63) is 10.0 Å². The standard InChI is InChI=1S/C9H15N3S/c1-2-10-6-8-11-12-9(13-8)7-4-3-5-7/h7,10H,2-6H2,1H3. The minimum Gasteiger partial charge on any atom is -0.311 e. The first-order chi connectivity index (χ1) is 6.40. The molecule has 0 aromatic carbocycles. The van der Waals surface area contributed by atoms with E-state index in [4.69, 9.17) is 0 Å². The predicted molar refractivity (Wildman–Crippen MR) is 53.9 cm³/mol. The highest BCUT2D eigenvalue weighted by Gasteiger charge is 2.23. The van der Waals surface area contributed by atoms with Crippen LogP contribution >= 0.6 is 11.3 Å². The van der Waals surface area contributed by atoms with Gasteiger partial charge in [-0.25, -0.2) is 0 Å². The molecule has 1 N–H and O–H groups in total. The molecule has 1 aliphatic carbocycles. The molecule has 1 aromatic heterocycles. The van der Waals surface area contributed by atoms with Crippen molar-refractivity contribution in [3.8, 4) is 0 Å². The summed E-state index contributed by atoms with van der Waals surface area (Å²) in [6.07, 6.45) is 4.00. The Labute approximate surface area is 82.6 Å². The van der Waals surface area contributed by atoms with Crippen LogP contribution in [0.25, 0.3) is 0 Å². The van der Waals surface area contributed by atoms with E-state index in [2.05, 4.69) is 22.4 Å². The molecule has 1 fully saturated rings. The molecule has 4 heteroatoms. The Morgan fingerprint density at radius 2 is 2.31 bits per heavy atom. The summed E-state index contributed by atoms with van der Waals surface area (Å²) in [5.74, 6) is 0.730. The van der Waals surface area contributed by atoms with E-state index in [1.807, 2.05) is 0 Å². The van der Waals surface area contributed by atoms with E-state index < -0.39 is 0 Å². The van der Waals surface area contributed by atoms with Gasteiger partial charge in [-0.05, 0) is 19.4 Å². The summed E-state index contributed by atoms with van der Waals surface area (Å²) in [7, 11) is 0. The molecule has 13 heavy (non-hydrogen) atoms. The molecule has 0 bridgehead atoms. The summed E-state index contributed by atoms with van der Waals surface area (Å²) >= 11 is 1.77. The maximum absolute atomic E-state index is 4.22. The number of hydrogen-bond donors (Lipinski definition) is 1. The first kappa shape index (κ1) is 9.09. The summed E-state index contributed by atoms with van der Waals surface area (Å²) in [6.45, 7) is 3.98. The molecule has 2 rings (SSSR count). The fourth-order valence-corrected chi connectivity index (χ4v) is 2.37. The molecule has 1 saturated carbocycles. The third kappa shape index (κ3) is 2.06. The fourth-order valence-electron chi connectivity index (χ4n) is 1.39. The Bertz CT molecular complexity index is 268. The largest absolute Gasteiger partial charge is 0.311 e. The number of rotatable bonds is 4. The zero-order valence-corrected chi connectivity index (χ0v) is 8.73. The Morgan fingerprint density at radius 3 is 2.92 bits per heavy atom. The van der Waals surface area contributed by atoms with Crippen molar-refractivity contribution in [2.24, 2.45) is 0 Å². The molecule has 0 spiro atoms. The van der Waals surface area contributed by atoms with Crippen LogP contribution in [0.5, 0.6) is 0 Å². The van der Waals surface area contributed by atoms with Gasteiger partial charge in [0.15, 0.2) is 0 Å². The van der Waals surface area contributed by atoms with Crippen LogP contribution in [-0.4, -0.2) is 16.7 Å². The second-order valence-corrected chi connectivity index (χ2v) is 4.54. The average Bonchev–Trinajstić information content (AvgIpc) is 2.46. The van der Waals surface area contributed by atoms with E-state index in [0.29, 0.717) is 0 Å². The minimum atomic E-state index is 0.730. The molecule has 1 heterocycles. The predicted octanol–water partition coefficient (Wildman–Crippen LogP) is 1.92. The SMILES string of the molecule is CCNCc1nnc(C2CCC2)s1. The molecule has 72 valence electrons. The molecular weight excluding hydrogens is 182 g/mol. The van der Waals surface area contributed by atoms with Gasteiger partial charge in [0.1, 0.15) is 10.0 Å². The lowest BCUT2D eigenvalue weighted by Gasteiger charge is -2.21. The number of hydrogen-bond acceptors (Lipinski definition) is 4. The van der Waals surface area contributed by atoms with Crippen molar-refractivity contribution < 1.29 is 0 Å². The molecule has 0 amide bonds. The van der Waals surface area contributed by atoms with Crippen LogP contribution in [0.1, 0.15) is 42.1 Å². The summed E-state index contributed by atoms with van der Waals surface area (Å²) in [6, 6.07) is 0. The Morgan fingerprint density at radius 1 is 1.46 bits per heavy atom. The molecule has 0 saturated heterocycles. The Kier molecular flexibility index (Phi) is 2.90. The maximum Gasteiger partial charge on any atom is 0.131 e. The third-order valence-corrected chi connectivity index (χ3v) is 3.55. The van der Waals surface area contributed by atoms with Gasteiger partial charge >= 0.3 is 0 Å². The van der Waals surface area contributed by atoms with Gasteiger partial charge in [-0.1, -0.05) is 24.7 Å². The topological polar surface area (TPSA) is 37.8 Å². The summed E-state index contributed by atoms with van der Waals surface area (Å²) in [5, 5.41) is 14.0. The highest BCUT2D eigenvalue weighted by Crippen LogP contribution is 2.37. The van der Waals surface area contributed by atoms with Crippen molar-refractivity contribution in [2.75, 3.05) is 6.54 Å². The van der Waals surface area contributed by atoms with Crippen molar-refractivity contribution >= 4 is 11.3 Å². The third-order valence-electron chi connectivity index (χ3n) is 2.46. The molecule has 1 aromatic rings. The highest BCUT2D eigenvalue weighted by molar-refractivity contribution is 7.11. The van der Waals surface area contributed by atoms with Gasteiger partial charge in [0.05, 0.1) is 0 Å². The van der Waals surface area contributed by atoms with Crippen LogP contribution in [0.4, 0.5) is 0 Å². The quantitative estimate of drug-likeness (QED) is 0.801. The summed E-state index contributed by atoms with van der Waals surface area (Å²) in [4.78, 5) is 0. The van der Waals surface area contributed by atoms with Crippen molar-refractivity contribution in [1.82, 2.24) is 15.5 Å². The average molecular weight is 197 g/mol. The smallest absolute Gasteiger partial charge is 0.131 e. The van der Waals surface area contributed by atoms with Gasteiger partial charge in [-0.2, -0.15) is 0 Å². The lowest BCUT2D eigenvalue weighted by Crippen LogP contribution is -2.11. The van der Waals surface area contributed by atoms with E-state index in [1.165, 1.54) is 24.3 Å². The van der Waals surface area contributed by atoms with E-state index in [0.717, 1.165) is 24.0 Å². The molecule has 0 radical (unpaired) electrons. The van der Waals surface area contributed by atoms with E-state index in [-0.39, 0.29) is 0 Å². The normalized spacial score (nSPS) is 17.3. The van der Waals surface area contributed by atoms with Gasteiger partial charge < -0.3 is 5.32 Å². The molecule has 0 atom stereocenters. The van der Waals surface area contributed by atoms with E-state index >= 15 is 0 Å². The van der Waals surface area contributed by atoms with E-state index in [1.54, 1.807) is 11.3 Å². The van der Waals surface area contributed by atoms with E-state index in [9.17, 15) is 0 Å². The van der Waals surface area contributed by atoms with Gasteiger partial charge in [-0.3, -0.25) is 0 Å². The van der Waals surface area contributed by atoms with Gasteiger partial charge in [0, 0.05) is 12.5 Å². The van der Waals surface area contributed by atoms with Crippen LogP contribution in [0, 0.1) is 0 Å². The number of nitrogens with one attached hydrogen (secondary N) is 1. The number of nitrogens with zero attached hydrogens (tertiary/aromatic N) is 2. The Hall–Kier alpha value is -0.480. The maximum atomic E-state index is 4.22. The van der Waals surface area contributed by atoms with Crippen molar-refractivity contribution in [1.29, 1.82) is 0 Å². The first-order valence-corrected chi connectivity index (χ1v) is 5.74. The van der Waals surface area contributed by atoms with Crippen LogP contribution in [0.3, 0.4) is 0 Å². The lowest BCUT2D eigenvalue weighted by atomic mass is 9.86. The Balaban J connectivity index is 1.92. The molecule has 0 unspecified atom stereocenters. The number of aromatic nitrogens is 2. The monoisotopic (exact) mass is 197 g/mol. The van der Waals surface area contributed by atoms with Crippen LogP contribution in [-0.2, 0) is 6.54 Å². The van der Waals surface area contributed by atoms with Crippen molar-refractivity contribution in [3.63, 3.8) is 0 Å². The van der Waals surface area contributed by atoms with Gasteiger partial charge in [-0.15, -0.1) is 10.2 Å². The molecule has 0 aliphatic heterocycles. The molecule has 1 aliphatic rings. The zero-order valence-electron chi connectivity index (χ0n) is 7.92. The van der Waals surface area contributed by atoms with Crippen molar-refractivity contribution in [2.45, 2.75) is 38.6 Å². The van der Waals surface area contributed by atoms with Crippen LogP contribution in [0.2, 0.25) is 0 Å². The zero-order chi connectivity index (χ0) is 9.10. The lowest BCUT2D eigenvalue weighted by molar-refractivity contribution is 0.416. The summed E-state index contributed by atoms with van der Waals surface area (Å²) in [5.41, 5.74) is 0. The highest BCUT2D eigenvalue weighted by atomic mass is 32.1. The summed E-state index contributed by atoms with van der Waals surface area (Å²) < 4.78 is 0. The van der Waals surface area contributed by atoms with Crippen LogP contribution < -0.4 is 5.32 Å². The fraction of sp³-hybridized carbons (Fsp3) is 0.778. The van der Waals surface area contributed by atoms with Gasteiger partial charge in [0.25, 0.3) is 0 Å². The van der Waals surface area contributed by atoms with Crippen LogP contribution in [0.15, 0.2) is 0 Å². The molecule has 3 nitrogen and oxygen atoms in total. The molecular formula is C9H15N3S. The second kappa shape index (κ2) is 4.15. The second-order valence-electron chi connectivity index (χ2n) is 3.44. The minimum absolute atomic E-state index is 0.730.